The van der Waals surface area contributed by atoms with Crippen LogP contribution < -0.4 is 14.8 Å². The first kappa shape index (κ1) is 18.1. The Labute approximate surface area is 151 Å². The second-order valence-corrected chi connectivity index (χ2v) is 6.68. The molecular weight excluding hydrogens is 368 g/mol. The van der Waals surface area contributed by atoms with Crippen LogP contribution in [0, 0.1) is 13.8 Å². The van der Waals surface area contributed by atoms with Crippen molar-refractivity contribution in [2.75, 3.05) is 11.9 Å². The molecule has 0 radical (unpaired) electrons. The normalized spacial score (nSPS) is 15.0. The molecule has 0 saturated heterocycles. The fraction of sp³-hybridized carbons (Fsp3) is 0.312. The first-order valence-corrected chi connectivity index (χ1v) is 8.36. The minimum atomic E-state index is -3.70. The van der Waals surface area contributed by atoms with E-state index in [2.05, 4.69) is 24.9 Å². The van der Waals surface area contributed by atoms with E-state index in [1.807, 2.05) is 13.8 Å². The van der Waals surface area contributed by atoms with Crippen molar-refractivity contribution in [2.45, 2.75) is 27.1 Å². The highest BCUT2D eigenvalue weighted by molar-refractivity contribution is 7.13. The van der Waals surface area contributed by atoms with Crippen molar-refractivity contribution in [1.82, 2.24) is 4.98 Å². The fourth-order valence-corrected chi connectivity index (χ4v) is 3.18. The zero-order valence-corrected chi connectivity index (χ0v) is 14.9. The van der Waals surface area contributed by atoms with Gasteiger partial charge in [0.25, 0.3) is 5.91 Å². The Kier molecular flexibility index (Phi) is 4.77. The Morgan fingerprint density at radius 1 is 1.35 bits per heavy atom. The summed E-state index contributed by atoms with van der Waals surface area (Å²) in [6.07, 6.45) is -3.70. The molecule has 2 aromatic rings. The summed E-state index contributed by atoms with van der Waals surface area (Å²) in [7, 11) is 0. The van der Waals surface area contributed by atoms with Crippen molar-refractivity contribution in [3.8, 4) is 11.5 Å². The van der Waals surface area contributed by atoms with Gasteiger partial charge in [-0.2, -0.15) is 0 Å². The number of rotatable bonds is 5. The van der Waals surface area contributed by atoms with Crippen LogP contribution >= 0.6 is 11.3 Å². The van der Waals surface area contributed by atoms with Gasteiger partial charge in [-0.05, 0) is 32.9 Å². The Morgan fingerprint density at radius 2 is 2.08 bits per heavy atom. The Bertz CT molecular complexity index is 882. The minimum Gasteiger partial charge on any atom is -0.395 e. The number of nitrogens with zero attached hydrogens (tertiary/aromatic N) is 2. The number of thiazole rings is 1. The average Bonchev–Trinajstić information content (AvgIpc) is 3.03. The molecule has 1 amide bonds. The molecule has 1 N–H and O–H groups in total. The summed E-state index contributed by atoms with van der Waals surface area (Å²) in [6.45, 7) is 5.19. The summed E-state index contributed by atoms with van der Waals surface area (Å²) >= 11 is 1.49. The van der Waals surface area contributed by atoms with Crippen molar-refractivity contribution >= 4 is 28.6 Å². The van der Waals surface area contributed by atoms with Crippen LogP contribution in [0.4, 0.5) is 14.5 Å². The molecule has 10 heteroatoms. The molecule has 7 nitrogen and oxygen atoms in total. The molecular formula is C16H15F2N3O4S. The summed E-state index contributed by atoms with van der Waals surface area (Å²) in [5, 5.41) is 7.33. The molecule has 0 aliphatic carbocycles. The minimum absolute atomic E-state index is 0.0975. The van der Waals surface area contributed by atoms with Gasteiger partial charge < -0.3 is 19.6 Å². The Hall–Kier alpha value is -2.75. The van der Waals surface area contributed by atoms with Gasteiger partial charge in [-0.3, -0.25) is 4.79 Å². The first-order valence-electron chi connectivity index (χ1n) is 7.54. The average molecular weight is 383 g/mol. The number of carbonyl (C=O) groups is 1. The van der Waals surface area contributed by atoms with Crippen LogP contribution in [0.15, 0.2) is 23.4 Å². The maximum atomic E-state index is 13.0. The predicted molar refractivity (Wildman–Crippen MR) is 91.0 cm³/mol. The molecule has 1 aromatic carbocycles. The summed E-state index contributed by atoms with van der Waals surface area (Å²) < 4.78 is 34.6. The largest absolute Gasteiger partial charge is 0.586 e. The number of hydrogen-bond acceptors (Lipinski definition) is 7. The first-order chi connectivity index (χ1) is 12.2. The number of halogens is 2. The lowest BCUT2D eigenvalue weighted by atomic mass is 10.3. The van der Waals surface area contributed by atoms with Gasteiger partial charge in [0.2, 0.25) is 0 Å². The van der Waals surface area contributed by atoms with Crippen LogP contribution in [-0.2, 0) is 9.63 Å². The second kappa shape index (κ2) is 6.87. The van der Waals surface area contributed by atoms with E-state index < -0.39 is 12.2 Å². The highest BCUT2D eigenvalue weighted by atomic mass is 32.1. The van der Waals surface area contributed by atoms with Crippen molar-refractivity contribution in [1.29, 1.82) is 0 Å². The molecule has 1 aliphatic rings. The summed E-state index contributed by atoms with van der Waals surface area (Å²) in [6, 6.07) is 3.94. The number of aromatic nitrogens is 1. The van der Waals surface area contributed by atoms with Crippen molar-refractivity contribution in [2.24, 2.45) is 5.16 Å². The third kappa shape index (κ3) is 4.07. The van der Waals surface area contributed by atoms with E-state index in [9.17, 15) is 13.6 Å². The lowest BCUT2D eigenvalue weighted by molar-refractivity contribution is -0.286. The van der Waals surface area contributed by atoms with E-state index in [0.29, 0.717) is 5.71 Å². The van der Waals surface area contributed by atoms with Crippen LogP contribution in [0.5, 0.6) is 11.5 Å². The van der Waals surface area contributed by atoms with Gasteiger partial charge in [-0.25, -0.2) is 4.98 Å². The molecule has 0 fully saturated rings. The van der Waals surface area contributed by atoms with Crippen LogP contribution in [-0.4, -0.2) is 29.5 Å². The van der Waals surface area contributed by atoms with Gasteiger partial charge in [0.1, 0.15) is 0 Å². The predicted octanol–water partition coefficient (Wildman–Crippen LogP) is 3.46. The SMILES string of the molecule is C/C(=N\OCC(=O)Nc1ccc2c(c1)OC(F)(F)O2)c1sc(C)nc1C. The number of aryl methyl sites for hydroxylation is 2. The summed E-state index contributed by atoms with van der Waals surface area (Å²) in [5.41, 5.74) is 1.73. The topological polar surface area (TPSA) is 82.0 Å². The number of anilines is 1. The van der Waals surface area contributed by atoms with E-state index in [1.54, 1.807) is 6.92 Å². The molecule has 26 heavy (non-hydrogen) atoms. The highest BCUT2D eigenvalue weighted by Gasteiger charge is 2.43. The molecule has 0 bridgehead atoms. The number of ether oxygens (including phenoxy) is 2. The van der Waals surface area contributed by atoms with Crippen LogP contribution in [0.3, 0.4) is 0 Å². The van der Waals surface area contributed by atoms with Crippen LogP contribution in [0.25, 0.3) is 0 Å². The molecule has 3 rings (SSSR count). The number of alkyl halides is 2. The number of nitrogens with one attached hydrogen (secondary N) is 1. The van der Waals surface area contributed by atoms with Gasteiger partial charge in [0.15, 0.2) is 18.1 Å². The van der Waals surface area contributed by atoms with E-state index in [0.717, 1.165) is 15.6 Å². The zero-order chi connectivity index (χ0) is 18.9. The number of oxime groups is 1. The molecule has 1 aliphatic heterocycles. The van der Waals surface area contributed by atoms with Gasteiger partial charge in [0, 0.05) is 11.8 Å². The van der Waals surface area contributed by atoms with E-state index in [1.165, 1.54) is 29.5 Å². The summed E-state index contributed by atoms with van der Waals surface area (Å²) in [4.78, 5) is 22.1. The number of hydrogen-bond donors (Lipinski definition) is 1. The number of amides is 1. The maximum absolute atomic E-state index is 13.0. The monoisotopic (exact) mass is 383 g/mol. The molecule has 2 heterocycles. The standard InChI is InChI=1S/C16H15F2N3O4S/c1-8-15(26-10(3)19-8)9(2)21-23-7-14(22)20-11-4-5-12-13(6-11)25-16(17,18)24-12/h4-6H,7H2,1-3H3,(H,20,22)/b21-9+. The fourth-order valence-electron chi connectivity index (χ4n) is 2.32. The lowest BCUT2D eigenvalue weighted by Crippen LogP contribution is -2.25. The van der Waals surface area contributed by atoms with Gasteiger partial charge >= 0.3 is 6.29 Å². The second-order valence-electron chi connectivity index (χ2n) is 5.47. The van der Waals surface area contributed by atoms with Crippen molar-refractivity contribution in [3.63, 3.8) is 0 Å². The van der Waals surface area contributed by atoms with E-state index in [4.69, 9.17) is 4.84 Å². The molecule has 0 unspecified atom stereocenters. The lowest BCUT2D eigenvalue weighted by Gasteiger charge is -2.06. The summed E-state index contributed by atoms with van der Waals surface area (Å²) in [5.74, 6) is -0.747. The van der Waals surface area contributed by atoms with E-state index >= 15 is 0 Å². The number of carbonyl (C=O) groups excluding carboxylic acids is 1. The molecule has 138 valence electrons. The Morgan fingerprint density at radius 3 is 2.77 bits per heavy atom. The maximum Gasteiger partial charge on any atom is 0.586 e. The molecule has 0 saturated carbocycles. The number of fused-ring (bicyclic) bond motifs is 1. The number of benzene rings is 1. The highest BCUT2D eigenvalue weighted by Crippen LogP contribution is 2.42. The zero-order valence-electron chi connectivity index (χ0n) is 14.1. The third-order valence-electron chi connectivity index (χ3n) is 3.31. The van der Waals surface area contributed by atoms with Crippen molar-refractivity contribution in [3.05, 3.63) is 33.8 Å². The van der Waals surface area contributed by atoms with Crippen LogP contribution in [0.2, 0.25) is 0 Å². The van der Waals surface area contributed by atoms with Gasteiger partial charge in [-0.1, -0.05) is 5.16 Å². The molecule has 0 atom stereocenters. The van der Waals surface area contributed by atoms with Crippen molar-refractivity contribution < 1.29 is 27.9 Å². The van der Waals surface area contributed by atoms with Gasteiger partial charge in [-0.15, -0.1) is 20.1 Å². The third-order valence-corrected chi connectivity index (χ3v) is 4.50. The Balaban J connectivity index is 1.55. The smallest absolute Gasteiger partial charge is 0.395 e. The van der Waals surface area contributed by atoms with E-state index in [-0.39, 0.29) is 23.8 Å². The molecule has 1 aromatic heterocycles. The quantitative estimate of drug-likeness (QED) is 0.632. The van der Waals surface area contributed by atoms with Gasteiger partial charge in [0.05, 0.1) is 21.3 Å². The molecule has 0 spiro atoms. The van der Waals surface area contributed by atoms with Crippen LogP contribution in [0.1, 0.15) is 22.5 Å².